The van der Waals surface area contributed by atoms with Crippen LogP contribution in [0.4, 0.5) is 0 Å². The van der Waals surface area contributed by atoms with Crippen LogP contribution in [-0.2, 0) is 14.8 Å². The summed E-state index contributed by atoms with van der Waals surface area (Å²) in [6.07, 6.45) is 2.69. The molecule has 0 atom stereocenters. The summed E-state index contributed by atoms with van der Waals surface area (Å²) < 4.78 is 38.2. The van der Waals surface area contributed by atoms with Crippen molar-refractivity contribution in [3.8, 4) is 0 Å². The molecule has 1 aromatic heterocycles. The first-order valence-corrected chi connectivity index (χ1v) is 9.70. The Kier molecular flexibility index (Phi) is 5.12. The number of aryl methyl sites for hydroxylation is 1. The molecule has 7 nitrogen and oxygen atoms in total. The van der Waals surface area contributed by atoms with Gasteiger partial charge in [0.25, 0.3) is 0 Å². The van der Waals surface area contributed by atoms with Gasteiger partial charge in [-0.1, -0.05) is 0 Å². The van der Waals surface area contributed by atoms with Crippen molar-refractivity contribution >= 4 is 27.0 Å². The summed E-state index contributed by atoms with van der Waals surface area (Å²) in [4.78, 5) is 11.2. The number of ether oxygens (including phenoxy) is 1. The van der Waals surface area contributed by atoms with Gasteiger partial charge in [-0.15, -0.1) is 0 Å². The fourth-order valence-corrected chi connectivity index (χ4v) is 4.16. The van der Waals surface area contributed by atoms with E-state index in [1.807, 2.05) is 0 Å². The number of aromatic carboxylic acids is 1. The van der Waals surface area contributed by atoms with Gasteiger partial charge in [0, 0.05) is 30.7 Å². The average molecular weight is 367 g/mol. The maximum Gasteiger partial charge on any atom is 0.372 e. The van der Waals surface area contributed by atoms with E-state index < -0.39 is 16.0 Å². The molecule has 0 saturated carbocycles. The molecule has 2 N–H and O–H groups in total. The van der Waals surface area contributed by atoms with Crippen LogP contribution in [0.15, 0.2) is 27.5 Å². The molecular weight excluding hydrogens is 346 g/mol. The summed E-state index contributed by atoms with van der Waals surface area (Å²) in [5.74, 6) is -0.863. The minimum Gasteiger partial charge on any atom is -0.475 e. The topological polar surface area (TPSA) is 106 Å². The molecule has 2 heterocycles. The van der Waals surface area contributed by atoms with Crippen molar-refractivity contribution in [3.05, 3.63) is 29.5 Å². The van der Waals surface area contributed by atoms with E-state index in [2.05, 4.69) is 4.72 Å². The lowest BCUT2D eigenvalue weighted by atomic mass is 9.97. The van der Waals surface area contributed by atoms with Crippen LogP contribution in [-0.4, -0.2) is 39.3 Å². The fraction of sp³-hybridized carbons (Fsp3) is 0.471. The second-order valence-corrected chi connectivity index (χ2v) is 8.03. The minimum atomic E-state index is -3.65. The highest BCUT2D eigenvalue weighted by atomic mass is 32.2. The lowest BCUT2D eigenvalue weighted by Crippen LogP contribution is -2.27. The number of carbonyl (C=O) groups is 1. The van der Waals surface area contributed by atoms with Crippen molar-refractivity contribution < 1.29 is 27.5 Å². The first kappa shape index (κ1) is 17.9. The van der Waals surface area contributed by atoms with E-state index in [9.17, 15) is 13.2 Å². The normalized spacial score (nSPS) is 16.4. The molecule has 3 rings (SSSR count). The zero-order valence-corrected chi connectivity index (χ0v) is 14.8. The van der Waals surface area contributed by atoms with Gasteiger partial charge in [-0.25, -0.2) is 17.9 Å². The molecule has 0 spiro atoms. The number of hydrogen-bond donors (Lipinski definition) is 2. The molecule has 1 aliphatic rings. The summed E-state index contributed by atoms with van der Waals surface area (Å²) in [7, 11) is -3.65. The Morgan fingerprint density at radius 3 is 2.72 bits per heavy atom. The number of carboxylic acid groups (broad SMARTS) is 1. The largest absolute Gasteiger partial charge is 0.475 e. The predicted octanol–water partition coefficient (Wildman–Crippen LogP) is 2.53. The number of furan rings is 1. The highest BCUT2D eigenvalue weighted by Gasteiger charge is 2.21. The summed E-state index contributed by atoms with van der Waals surface area (Å²) in [5.41, 5.74) is 0.776. The first-order valence-electron chi connectivity index (χ1n) is 8.22. The number of fused-ring (bicyclic) bond motifs is 1. The van der Waals surface area contributed by atoms with E-state index >= 15 is 0 Å². The molecule has 0 aliphatic carbocycles. The molecule has 2 aromatic rings. The molecule has 0 unspecified atom stereocenters. The number of carboxylic acids is 1. The Morgan fingerprint density at radius 1 is 1.32 bits per heavy atom. The fourth-order valence-electron chi connectivity index (χ4n) is 3.09. The van der Waals surface area contributed by atoms with Crippen LogP contribution < -0.4 is 4.72 Å². The maximum absolute atomic E-state index is 12.5. The highest BCUT2D eigenvalue weighted by Crippen LogP contribution is 2.27. The molecule has 8 heteroatoms. The Labute approximate surface area is 146 Å². The number of sulfonamides is 1. The third-order valence-corrected chi connectivity index (χ3v) is 6.06. The number of rotatable bonds is 6. The monoisotopic (exact) mass is 367 g/mol. The zero-order valence-electron chi connectivity index (χ0n) is 13.9. The number of benzene rings is 1. The Morgan fingerprint density at radius 2 is 2.04 bits per heavy atom. The highest BCUT2D eigenvalue weighted by molar-refractivity contribution is 7.89. The predicted molar refractivity (Wildman–Crippen MR) is 91.3 cm³/mol. The van der Waals surface area contributed by atoms with E-state index in [1.54, 1.807) is 6.92 Å². The van der Waals surface area contributed by atoms with Crippen LogP contribution in [0.25, 0.3) is 11.0 Å². The Bertz CT molecular complexity index is 880. The van der Waals surface area contributed by atoms with Gasteiger partial charge in [0.05, 0.1) is 4.90 Å². The number of hydrogen-bond acceptors (Lipinski definition) is 5. The van der Waals surface area contributed by atoms with Crippen molar-refractivity contribution in [2.45, 2.75) is 31.1 Å². The summed E-state index contributed by atoms with van der Waals surface area (Å²) in [5, 5.41) is 9.59. The van der Waals surface area contributed by atoms with E-state index in [4.69, 9.17) is 14.3 Å². The molecule has 1 fully saturated rings. The van der Waals surface area contributed by atoms with Crippen molar-refractivity contribution in [1.82, 2.24) is 4.72 Å². The van der Waals surface area contributed by atoms with E-state index in [1.165, 1.54) is 18.2 Å². The van der Waals surface area contributed by atoms with Gasteiger partial charge in [0.15, 0.2) is 0 Å². The Hall–Kier alpha value is -1.90. The average Bonchev–Trinajstić information content (AvgIpc) is 2.92. The van der Waals surface area contributed by atoms with Gasteiger partial charge in [0.1, 0.15) is 5.58 Å². The summed E-state index contributed by atoms with van der Waals surface area (Å²) in [6.45, 7) is 3.44. The van der Waals surface area contributed by atoms with E-state index in [-0.39, 0.29) is 10.7 Å². The second kappa shape index (κ2) is 7.15. The minimum absolute atomic E-state index is 0.104. The van der Waals surface area contributed by atoms with Gasteiger partial charge < -0.3 is 14.3 Å². The first-order chi connectivity index (χ1) is 11.9. The third-order valence-electron chi connectivity index (χ3n) is 4.60. The molecule has 0 amide bonds. The van der Waals surface area contributed by atoms with E-state index in [0.717, 1.165) is 32.5 Å². The van der Waals surface area contributed by atoms with Crippen LogP contribution in [0, 0.1) is 12.8 Å². The smallest absolute Gasteiger partial charge is 0.372 e. The second-order valence-electron chi connectivity index (χ2n) is 6.26. The standard InChI is InChI=1S/C17H21NO6S/c1-11-14-10-13(2-3-15(14)24-16(11)17(19)20)25(21,22)18-7-4-12-5-8-23-9-6-12/h2-3,10,12,18H,4-9H2,1H3,(H,19,20). The zero-order chi connectivity index (χ0) is 18.0. The van der Waals surface area contributed by atoms with Crippen LogP contribution in [0.1, 0.15) is 35.4 Å². The summed E-state index contributed by atoms with van der Waals surface area (Å²) >= 11 is 0. The molecule has 1 aromatic carbocycles. The van der Waals surface area contributed by atoms with Gasteiger partial charge in [-0.2, -0.15) is 0 Å². The molecule has 0 radical (unpaired) electrons. The lowest BCUT2D eigenvalue weighted by molar-refractivity contribution is 0.0643. The van der Waals surface area contributed by atoms with E-state index in [0.29, 0.717) is 29.0 Å². The number of nitrogens with one attached hydrogen (secondary N) is 1. The van der Waals surface area contributed by atoms with Crippen LogP contribution >= 0.6 is 0 Å². The van der Waals surface area contributed by atoms with Crippen LogP contribution in [0.3, 0.4) is 0 Å². The van der Waals surface area contributed by atoms with Gasteiger partial charge >= 0.3 is 5.97 Å². The van der Waals surface area contributed by atoms with Crippen molar-refractivity contribution in [2.24, 2.45) is 5.92 Å². The maximum atomic E-state index is 12.5. The van der Waals surface area contributed by atoms with Gasteiger partial charge in [0.2, 0.25) is 15.8 Å². The molecular formula is C17H21NO6S. The lowest BCUT2D eigenvalue weighted by Gasteiger charge is -2.21. The third kappa shape index (κ3) is 3.86. The Balaban J connectivity index is 1.75. The van der Waals surface area contributed by atoms with Gasteiger partial charge in [-0.05, 0) is 50.3 Å². The quantitative estimate of drug-likeness (QED) is 0.813. The van der Waals surface area contributed by atoms with Gasteiger partial charge in [-0.3, -0.25) is 0 Å². The summed E-state index contributed by atoms with van der Waals surface area (Å²) in [6, 6.07) is 4.37. The van der Waals surface area contributed by atoms with Crippen LogP contribution in [0.5, 0.6) is 0 Å². The molecule has 136 valence electrons. The molecule has 1 aliphatic heterocycles. The van der Waals surface area contributed by atoms with Crippen LogP contribution in [0.2, 0.25) is 0 Å². The van der Waals surface area contributed by atoms with Crippen molar-refractivity contribution in [1.29, 1.82) is 0 Å². The molecule has 1 saturated heterocycles. The molecule has 25 heavy (non-hydrogen) atoms. The molecule has 0 bridgehead atoms. The SMILES string of the molecule is Cc1c(C(=O)O)oc2ccc(S(=O)(=O)NCCC3CCOCC3)cc12. The van der Waals surface area contributed by atoms with Crippen molar-refractivity contribution in [2.75, 3.05) is 19.8 Å². The van der Waals surface area contributed by atoms with Crippen molar-refractivity contribution in [3.63, 3.8) is 0 Å².